The number of alkyl halides is 2. The smallest absolute Gasteiger partial charge is 0.284 e. The van der Waals surface area contributed by atoms with Gasteiger partial charge in [-0.25, -0.2) is 18.3 Å². The van der Waals surface area contributed by atoms with Gasteiger partial charge in [0.25, 0.3) is 12.3 Å². The fourth-order valence-corrected chi connectivity index (χ4v) is 8.01. The van der Waals surface area contributed by atoms with Gasteiger partial charge in [0, 0.05) is 50.1 Å². The van der Waals surface area contributed by atoms with Gasteiger partial charge in [0.15, 0.2) is 17.2 Å². The van der Waals surface area contributed by atoms with E-state index < -0.39 is 18.0 Å². The third-order valence-corrected chi connectivity index (χ3v) is 10.5. The number of carbonyl (C=O) groups excluding carboxylic acids is 2. The lowest BCUT2D eigenvalue weighted by atomic mass is 9.85. The van der Waals surface area contributed by atoms with E-state index in [4.69, 9.17) is 0 Å². The van der Waals surface area contributed by atoms with Crippen LogP contribution in [0, 0.1) is 17.8 Å². The SMILES string of the molecule is CN(CCC1CCNCC1)CC1CCC(n2cc(NC(=O)c3c(N4C[C@H]5C[C@@H]4CC5=O)nn4cccnc34)c(C(F)F)n2)CC1. The molecule has 2 atom stereocenters. The minimum atomic E-state index is -2.84. The van der Waals surface area contributed by atoms with E-state index in [2.05, 4.69) is 37.8 Å². The Hall–Kier alpha value is -3.45. The molecule has 13 heteroatoms. The van der Waals surface area contributed by atoms with Crippen LogP contribution in [0.2, 0.25) is 0 Å². The van der Waals surface area contributed by atoms with E-state index in [1.165, 1.54) is 23.8 Å². The average Bonchev–Trinajstić information content (AvgIpc) is 3.82. The maximum absolute atomic E-state index is 14.2. The van der Waals surface area contributed by atoms with Crippen molar-refractivity contribution < 1.29 is 18.4 Å². The lowest BCUT2D eigenvalue weighted by Gasteiger charge is -2.32. The number of amides is 1. The molecule has 3 aromatic heterocycles. The van der Waals surface area contributed by atoms with Crippen molar-refractivity contribution in [1.29, 1.82) is 0 Å². The lowest BCUT2D eigenvalue weighted by Crippen LogP contribution is -2.37. The Labute approximate surface area is 261 Å². The van der Waals surface area contributed by atoms with Gasteiger partial charge in [-0.3, -0.25) is 14.3 Å². The van der Waals surface area contributed by atoms with Gasteiger partial charge >= 0.3 is 0 Å². The highest BCUT2D eigenvalue weighted by molar-refractivity contribution is 6.12. The largest absolute Gasteiger partial charge is 0.350 e. The molecule has 1 amide bonds. The second-order valence-corrected chi connectivity index (χ2v) is 13.6. The summed E-state index contributed by atoms with van der Waals surface area (Å²) in [6.45, 7) is 4.93. The van der Waals surface area contributed by atoms with Gasteiger partial charge < -0.3 is 20.4 Å². The fourth-order valence-electron chi connectivity index (χ4n) is 8.01. The van der Waals surface area contributed by atoms with E-state index in [1.807, 2.05) is 4.90 Å². The van der Waals surface area contributed by atoms with Gasteiger partial charge in [-0.05, 0) is 96.0 Å². The predicted molar refractivity (Wildman–Crippen MR) is 166 cm³/mol. The van der Waals surface area contributed by atoms with Crippen molar-refractivity contribution in [3.05, 3.63) is 35.9 Å². The van der Waals surface area contributed by atoms with Gasteiger partial charge in [0.2, 0.25) is 0 Å². The fraction of sp³-hybridized carbons (Fsp3) is 0.656. The number of hydrogen-bond acceptors (Lipinski definition) is 8. The zero-order chi connectivity index (χ0) is 31.1. The summed E-state index contributed by atoms with van der Waals surface area (Å²) >= 11 is 0. The highest BCUT2D eigenvalue weighted by Gasteiger charge is 2.46. The molecule has 0 spiro atoms. The third-order valence-electron chi connectivity index (χ3n) is 10.5. The summed E-state index contributed by atoms with van der Waals surface area (Å²) in [6, 6.07) is 1.70. The van der Waals surface area contributed by atoms with Crippen molar-refractivity contribution in [2.45, 2.75) is 76.3 Å². The van der Waals surface area contributed by atoms with E-state index in [1.54, 1.807) is 29.3 Å². The summed E-state index contributed by atoms with van der Waals surface area (Å²) in [6.07, 6.45) is 10.7. The van der Waals surface area contributed by atoms with E-state index in [-0.39, 0.29) is 35.0 Å². The van der Waals surface area contributed by atoms with Crippen LogP contribution in [0.3, 0.4) is 0 Å². The van der Waals surface area contributed by atoms with E-state index in [0.717, 1.165) is 64.2 Å². The average molecular weight is 624 g/mol. The topological polar surface area (TPSA) is 113 Å². The molecule has 2 aliphatic carbocycles. The number of piperidine rings is 2. The third kappa shape index (κ3) is 6.20. The van der Waals surface area contributed by atoms with Crippen molar-refractivity contribution in [3.63, 3.8) is 0 Å². The predicted octanol–water partition coefficient (Wildman–Crippen LogP) is 4.34. The summed E-state index contributed by atoms with van der Waals surface area (Å²) < 4.78 is 31.6. The monoisotopic (exact) mass is 623 g/mol. The molecular formula is C32H43F2N9O2. The van der Waals surface area contributed by atoms with Crippen molar-refractivity contribution in [2.75, 3.05) is 50.0 Å². The molecule has 242 valence electrons. The normalized spacial score (nSPS) is 25.7. The van der Waals surface area contributed by atoms with Crippen LogP contribution in [0.25, 0.3) is 5.65 Å². The van der Waals surface area contributed by atoms with Gasteiger partial charge in [-0.2, -0.15) is 5.10 Å². The zero-order valence-electron chi connectivity index (χ0n) is 25.9. The number of nitrogens with one attached hydrogen (secondary N) is 2. The summed E-state index contributed by atoms with van der Waals surface area (Å²) in [5.74, 6) is 1.44. The molecule has 0 aromatic carbocycles. The first kappa shape index (κ1) is 30.2. The first-order valence-electron chi connectivity index (χ1n) is 16.5. The quantitative estimate of drug-likeness (QED) is 0.343. The van der Waals surface area contributed by atoms with Gasteiger partial charge in [-0.1, -0.05) is 0 Å². The first-order valence-corrected chi connectivity index (χ1v) is 16.5. The molecule has 4 aliphatic rings. The highest BCUT2D eigenvalue weighted by Crippen LogP contribution is 2.40. The molecule has 7 rings (SSSR count). The van der Waals surface area contributed by atoms with Gasteiger partial charge in [-0.15, -0.1) is 5.10 Å². The molecule has 11 nitrogen and oxygen atoms in total. The number of hydrogen-bond donors (Lipinski definition) is 2. The van der Waals surface area contributed by atoms with E-state index >= 15 is 0 Å². The Morgan fingerprint density at radius 1 is 1.11 bits per heavy atom. The second-order valence-electron chi connectivity index (χ2n) is 13.6. The molecule has 2 bridgehead atoms. The zero-order valence-corrected chi connectivity index (χ0v) is 25.9. The number of carbonyl (C=O) groups is 2. The van der Waals surface area contributed by atoms with E-state index in [9.17, 15) is 18.4 Å². The summed E-state index contributed by atoms with van der Waals surface area (Å²) in [7, 11) is 2.21. The number of nitrogens with zero attached hydrogens (tertiary/aromatic N) is 7. The number of fused-ring (bicyclic) bond motifs is 3. The lowest BCUT2D eigenvalue weighted by molar-refractivity contribution is -0.120. The van der Waals surface area contributed by atoms with Crippen molar-refractivity contribution >= 4 is 28.8 Å². The molecule has 3 aromatic rings. The highest BCUT2D eigenvalue weighted by atomic mass is 19.3. The van der Waals surface area contributed by atoms with Gasteiger partial charge in [0.1, 0.15) is 11.3 Å². The molecular weight excluding hydrogens is 580 g/mol. The number of anilines is 2. The summed E-state index contributed by atoms with van der Waals surface area (Å²) in [5.41, 5.74) is 0.131. The molecule has 0 unspecified atom stereocenters. The number of rotatable bonds is 10. The molecule has 2 N–H and O–H groups in total. The van der Waals surface area contributed by atoms with Crippen LogP contribution in [0.15, 0.2) is 24.7 Å². The van der Waals surface area contributed by atoms with Crippen LogP contribution in [0.5, 0.6) is 0 Å². The van der Waals surface area contributed by atoms with Crippen molar-refractivity contribution in [1.82, 2.24) is 34.6 Å². The number of Topliss-reactive ketones (excluding diaryl/α,β-unsaturated/α-hetero) is 1. The van der Waals surface area contributed by atoms with E-state index in [0.29, 0.717) is 30.3 Å². The molecule has 2 saturated carbocycles. The minimum absolute atomic E-state index is 0.00845. The Bertz CT molecular complexity index is 1530. The van der Waals surface area contributed by atoms with Crippen molar-refractivity contribution in [3.8, 4) is 0 Å². The number of ketones is 1. The first-order chi connectivity index (χ1) is 21.8. The Morgan fingerprint density at radius 2 is 1.91 bits per heavy atom. The van der Waals surface area contributed by atoms with Crippen LogP contribution in [0.4, 0.5) is 20.3 Å². The molecule has 2 aliphatic heterocycles. The second kappa shape index (κ2) is 12.7. The summed E-state index contributed by atoms with van der Waals surface area (Å²) in [4.78, 5) is 34.8. The number of aromatic nitrogens is 5. The van der Waals surface area contributed by atoms with Crippen LogP contribution >= 0.6 is 0 Å². The van der Waals surface area contributed by atoms with Crippen molar-refractivity contribution in [2.24, 2.45) is 17.8 Å². The van der Waals surface area contributed by atoms with Crippen LogP contribution in [-0.4, -0.2) is 86.8 Å². The number of halogens is 2. The van der Waals surface area contributed by atoms with Crippen LogP contribution in [0.1, 0.15) is 86.3 Å². The molecule has 45 heavy (non-hydrogen) atoms. The Morgan fingerprint density at radius 3 is 2.62 bits per heavy atom. The van der Waals surface area contributed by atoms with Gasteiger partial charge in [0.05, 0.1) is 11.7 Å². The molecule has 4 fully saturated rings. The Kier molecular flexibility index (Phi) is 8.56. The molecule has 2 saturated heterocycles. The standard InChI is InChI=1S/C32H43F2N9O2/c1-40(14-9-20-7-11-35-12-8-20)17-21-3-5-23(6-4-21)43-19-25(28(38-43)29(33)34)37-32(45)27-30-36-10-2-13-42(30)39-31(27)41-18-22-15-24(41)16-26(22)44/h2,10,13,19-24,29,35H,3-9,11-12,14-18H2,1H3,(H,37,45)/t21?,22-,23?,24-/m1/s1. The van der Waals surface area contributed by atoms with Crippen LogP contribution in [-0.2, 0) is 4.79 Å². The molecule has 5 heterocycles. The maximum Gasteiger partial charge on any atom is 0.284 e. The summed E-state index contributed by atoms with van der Waals surface area (Å²) in [5, 5.41) is 15.1. The molecule has 0 radical (unpaired) electrons. The Balaban J connectivity index is 1.02. The minimum Gasteiger partial charge on any atom is -0.350 e. The maximum atomic E-state index is 14.2. The van der Waals surface area contributed by atoms with Crippen LogP contribution < -0.4 is 15.5 Å².